The van der Waals surface area contributed by atoms with Gasteiger partial charge in [-0.15, -0.1) is 0 Å². The Balaban J connectivity index is 3.17. The van der Waals surface area contributed by atoms with Gasteiger partial charge in [-0.05, 0) is 19.1 Å². The van der Waals surface area contributed by atoms with E-state index < -0.39 is 17.4 Å². The number of aliphatic hydroxyl groups is 1. The fraction of sp³-hybridized carbons (Fsp3) is 0.500. The minimum absolute atomic E-state index is 0.0832. The molecule has 0 unspecified atom stereocenters. The second-order valence-electron chi connectivity index (χ2n) is 3.85. The van der Waals surface area contributed by atoms with Crippen LogP contribution in [0.15, 0.2) is 16.5 Å². The van der Waals surface area contributed by atoms with E-state index in [1.54, 1.807) is 6.07 Å². The summed E-state index contributed by atoms with van der Waals surface area (Å²) in [7, 11) is 2.36. The monoisotopic (exact) mass is 256 g/mol. The van der Waals surface area contributed by atoms with Crippen molar-refractivity contribution in [3.8, 4) is 0 Å². The van der Waals surface area contributed by atoms with Crippen LogP contribution in [-0.4, -0.2) is 37.9 Å². The molecule has 0 amide bonds. The molecule has 0 spiro atoms. The maximum Gasteiger partial charge on any atom is 0.330 e. The fourth-order valence-corrected chi connectivity index (χ4v) is 1.58. The van der Waals surface area contributed by atoms with Crippen LogP contribution >= 0.6 is 0 Å². The van der Waals surface area contributed by atoms with Crippen molar-refractivity contribution in [3.05, 3.63) is 23.7 Å². The molecule has 0 aliphatic carbocycles. The number of aliphatic hydroxyl groups excluding tert-OH is 1. The molecule has 0 atom stereocenters. The summed E-state index contributed by atoms with van der Waals surface area (Å²) in [4.78, 5) is 23.5. The van der Waals surface area contributed by atoms with Gasteiger partial charge in [-0.1, -0.05) is 0 Å². The smallest absolute Gasteiger partial charge is 0.330 e. The van der Waals surface area contributed by atoms with Crippen LogP contribution in [0.3, 0.4) is 0 Å². The summed E-state index contributed by atoms with van der Waals surface area (Å²) in [6.07, 6.45) is 0.304. The molecular formula is C12H16O6. The Labute approximate surface area is 104 Å². The number of carbonyl (C=O) groups is 2. The van der Waals surface area contributed by atoms with E-state index in [0.29, 0.717) is 12.2 Å². The molecule has 1 aromatic heterocycles. The number of ether oxygens (including phenoxy) is 2. The van der Waals surface area contributed by atoms with Crippen LogP contribution in [0.5, 0.6) is 0 Å². The molecule has 0 fully saturated rings. The van der Waals surface area contributed by atoms with Crippen molar-refractivity contribution in [1.29, 1.82) is 0 Å². The average Bonchev–Trinajstić information content (AvgIpc) is 2.85. The highest BCUT2D eigenvalue weighted by molar-refractivity contribution is 6.05. The Morgan fingerprint density at radius 2 is 1.83 bits per heavy atom. The van der Waals surface area contributed by atoms with Crippen LogP contribution in [0.4, 0.5) is 0 Å². The van der Waals surface area contributed by atoms with Crippen molar-refractivity contribution in [2.75, 3.05) is 20.8 Å². The van der Waals surface area contributed by atoms with Crippen LogP contribution in [0, 0.1) is 0 Å². The summed E-state index contributed by atoms with van der Waals surface area (Å²) in [5.74, 6) is -0.922. The van der Waals surface area contributed by atoms with Crippen LogP contribution in [0.25, 0.3) is 0 Å². The number of methoxy groups -OCH3 is 2. The van der Waals surface area contributed by atoms with Gasteiger partial charge in [0, 0.05) is 6.42 Å². The molecule has 0 bridgehead atoms. The van der Waals surface area contributed by atoms with Crippen LogP contribution in [0.1, 0.15) is 18.4 Å². The van der Waals surface area contributed by atoms with E-state index in [2.05, 4.69) is 9.47 Å². The van der Waals surface area contributed by atoms with Crippen molar-refractivity contribution in [1.82, 2.24) is 0 Å². The molecule has 1 N–H and O–H groups in total. The Hall–Kier alpha value is -1.82. The molecule has 0 saturated carbocycles. The average molecular weight is 256 g/mol. The zero-order valence-corrected chi connectivity index (χ0v) is 10.6. The third-order valence-corrected chi connectivity index (χ3v) is 2.70. The van der Waals surface area contributed by atoms with Gasteiger partial charge in [0.2, 0.25) is 5.41 Å². The van der Waals surface area contributed by atoms with Crippen LogP contribution < -0.4 is 0 Å². The molecule has 100 valence electrons. The number of furan rings is 1. The van der Waals surface area contributed by atoms with Gasteiger partial charge in [0.25, 0.3) is 0 Å². The van der Waals surface area contributed by atoms with Crippen LogP contribution in [-0.2, 0) is 30.9 Å². The third kappa shape index (κ3) is 2.38. The normalized spacial score (nSPS) is 11.1. The first-order chi connectivity index (χ1) is 8.50. The van der Waals surface area contributed by atoms with Gasteiger partial charge in [-0.3, -0.25) is 9.59 Å². The Morgan fingerprint density at radius 1 is 1.28 bits per heavy atom. The van der Waals surface area contributed by atoms with Crippen molar-refractivity contribution >= 4 is 11.9 Å². The van der Waals surface area contributed by atoms with Gasteiger partial charge in [-0.2, -0.15) is 0 Å². The van der Waals surface area contributed by atoms with Gasteiger partial charge in [0.1, 0.15) is 11.5 Å². The summed E-state index contributed by atoms with van der Waals surface area (Å²) in [6, 6.07) is 3.09. The van der Waals surface area contributed by atoms with E-state index in [-0.39, 0.29) is 12.4 Å². The predicted octanol–water partition coefficient (Wildman–Crippen LogP) is 0.418. The highest BCUT2D eigenvalue weighted by Gasteiger charge is 2.48. The highest BCUT2D eigenvalue weighted by Crippen LogP contribution is 2.29. The van der Waals surface area contributed by atoms with E-state index in [1.807, 2.05) is 0 Å². The molecule has 0 aromatic carbocycles. The van der Waals surface area contributed by atoms with Gasteiger partial charge in [0.05, 0.1) is 20.8 Å². The first kappa shape index (κ1) is 14.2. The quantitative estimate of drug-likeness (QED) is 0.607. The molecule has 6 heteroatoms. The topological polar surface area (TPSA) is 86.0 Å². The molecule has 1 heterocycles. The number of esters is 2. The first-order valence-corrected chi connectivity index (χ1v) is 5.37. The first-order valence-electron chi connectivity index (χ1n) is 5.37. The second kappa shape index (κ2) is 5.68. The van der Waals surface area contributed by atoms with Gasteiger partial charge < -0.3 is 19.0 Å². The molecule has 1 aromatic rings. The van der Waals surface area contributed by atoms with Crippen molar-refractivity contribution < 1.29 is 28.6 Å². The summed E-state index contributed by atoms with van der Waals surface area (Å²) in [6.45, 7) is 1.28. The van der Waals surface area contributed by atoms with Gasteiger partial charge in [-0.25, -0.2) is 0 Å². The SMILES string of the molecule is COC(=O)C(C)(C(=O)OC)c1ccc(CCO)o1. The Bertz CT molecular complexity index is 418. The molecule has 0 aliphatic rings. The molecule has 0 aliphatic heterocycles. The standard InChI is InChI=1S/C12H16O6/c1-12(10(14)16-2,11(15)17-3)9-5-4-8(18-9)6-7-13/h4-5,13H,6-7H2,1-3H3. The van der Waals surface area contributed by atoms with Crippen molar-refractivity contribution in [3.63, 3.8) is 0 Å². The summed E-state index contributed by atoms with van der Waals surface area (Å²) < 4.78 is 14.6. The zero-order chi connectivity index (χ0) is 13.8. The largest absolute Gasteiger partial charge is 0.468 e. The lowest BCUT2D eigenvalue weighted by Crippen LogP contribution is -2.42. The predicted molar refractivity (Wildman–Crippen MR) is 60.9 cm³/mol. The molecule has 0 saturated heterocycles. The van der Waals surface area contributed by atoms with E-state index in [4.69, 9.17) is 9.52 Å². The van der Waals surface area contributed by atoms with Gasteiger partial charge >= 0.3 is 11.9 Å². The third-order valence-electron chi connectivity index (χ3n) is 2.70. The minimum atomic E-state index is -1.64. The van der Waals surface area contributed by atoms with Crippen molar-refractivity contribution in [2.45, 2.75) is 18.8 Å². The number of carbonyl (C=O) groups excluding carboxylic acids is 2. The lowest BCUT2D eigenvalue weighted by molar-refractivity contribution is -0.161. The minimum Gasteiger partial charge on any atom is -0.468 e. The number of hydrogen-bond donors (Lipinski definition) is 1. The number of hydrogen-bond acceptors (Lipinski definition) is 6. The second-order valence-corrected chi connectivity index (χ2v) is 3.85. The molecule has 0 radical (unpaired) electrons. The van der Waals surface area contributed by atoms with Crippen LogP contribution in [0.2, 0.25) is 0 Å². The Morgan fingerprint density at radius 3 is 2.28 bits per heavy atom. The van der Waals surface area contributed by atoms with Crippen molar-refractivity contribution in [2.24, 2.45) is 0 Å². The summed E-state index contributed by atoms with van der Waals surface area (Å²) in [5.41, 5.74) is -1.64. The maximum atomic E-state index is 11.8. The molecule has 18 heavy (non-hydrogen) atoms. The number of rotatable bonds is 5. The lowest BCUT2D eigenvalue weighted by Gasteiger charge is -2.21. The van der Waals surface area contributed by atoms with E-state index in [9.17, 15) is 9.59 Å². The highest BCUT2D eigenvalue weighted by atomic mass is 16.5. The fourth-order valence-electron chi connectivity index (χ4n) is 1.58. The summed E-state index contributed by atoms with van der Waals surface area (Å²) >= 11 is 0. The lowest BCUT2D eigenvalue weighted by atomic mass is 9.88. The van der Waals surface area contributed by atoms with E-state index >= 15 is 0 Å². The Kier molecular flexibility index (Phi) is 4.49. The molecule has 6 nitrogen and oxygen atoms in total. The summed E-state index contributed by atoms with van der Waals surface area (Å²) in [5, 5.41) is 8.80. The van der Waals surface area contributed by atoms with Gasteiger partial charge in [0.15, 0.2) is 0 Å². The van der Waals surface area contributed by atoms with E-state index in [0.717, 1.165) is 0 Å². The van der Waals surface area contributed by atoms with E-state index in [1.165, 1.54) is 27.2 Å². The maximum absolute atomic E-state index is 11.8. The molecule has 1 rings (SSSR count). The molecular weight excluding hydrogens is 240 g/mol. The zero-order valence-electron chi connectivity index (χ0n) is 10.6.